The molecular formula is C14H15F2N5O2. The molecule has 1 unspecified atom stereocenters. The van der Waals surface area contributed by atoms with Crippen molar-refractivity contribution in [2.75, 3.05) is 5.73 Å². The first-order valence-electron chi connectivity index (χ1n) is 6.58. The summed E-state index contributed by atoms with van der Waals surface area (Å²) in [7, 11) is 0. The van der Waals surface area contributed by atoms with Gasteiger partial charge in [0.25, 0.3) is 0 Å². The number of aromatic nitrogens is 3. The van der Waals surface area contributed by atoms with Crippen molar-refractivity contribution in [3.8, 4) is 11.3 Å². The number of hydrogen-bond donors (Lipinski definition) is 2. The number of nitrogens with zero attached hydrogens (tertiary/aromatic N) is 3. The van der Waals surface area contributed by atoms with E-state index in [0.717, 1.165) is 6.20 Å². The molecule has 2 aromatic heterocycles. The van der Waals surface area contributed by atoms with Crippen LogP contribution in [0.15, 0.2) is 37.2 Å². The van der Waals surface area contributed by atoms with Gasteiger partial charge in [-0.2, -0.15) is 13.9 Å². The number of pyridine rings is 1. The fraction of sp³-hybridized carbons (Fsp3) is 0.214. The summed E-state index contributed by atoms with van der Waals surface area (Å²) < 4.78 is 31.5. The molecule has 0 spiro atoms. The van der Waals surface area contributed by atoms with Crippen molar-refractivity contribution in [3.05, 3.63) is 42.9 Å². The molecule has 2 heterocycles. The summed E-state index contributed by atoms with van der Waals surface area (Å²) in [5.74, 6) is 0. The number of primary amides is 1. The van der Waals surface area contributed by atoms with Gasteiger partial charge in [-0.05, 0) is 12.1 Å². The van der Waals surface area contributed by atoms with E-state index in [0.29, 0.717) is 15.9 Å². The number of anilines is 1. The Morgan fingerprint density at radius 2 is 2.26 bits per heavy atom. The molecule has 0 radical (unpaired) electrons. The van der Waals surface area contributed by atoms with Gasteiger partial charge in [0.2, 0.25) is 0 Å². The molecule has 9 heteroatoms. The zero-order chi connectivity index (χ0) is 17.0. The van der Waals surface area contributed by atoms with Crippen molar-refractivity contribution in [2.24, 2.45) is 5.73 Å². The highest BCUT2D eigenvalue weighted by molar-refractivity contribution is 5.72. The van der Waals surface area contributed by atoms with E-state index in [1.54, 1.807) is 0 Å². The second-order valence-corrected chi connectivity index (χ2v) is 4.59. The van der Waals surface area contributed by atoms with E-state index >= 15 is 0 Å². The van der Waals surface area contributed by atoms with Crippen molar-refractivity contribution in [1.82, 2.24) is 14.8 Å². The van der Waals surface area contributed by atoms with Gasteiger partial charge >= 0.3 is 12.6 Å². The van der Waals surface area contributed by atoms with Crippen molar-refractivity contribution in [1.29, 1.82) is 0 Å². The number of nitrogen functional groups attached to an aromatic ring is 1. The van der Waals surface area contributed by atoms with Crippen LogP contribution in [0.4, 0.5) is 19.3 Å². The Bertz CT molecular complexity index is 717. The summed E-state index contributed by atoms with van der Waals surface area (Å²) in [5.41, 5.74) is 11.6. The molecular weight excluding hydrogens is 308 g/mol. The van der Waals surface area contributed by atoms with Crippen LogP contribution in [-0.2, 0) is 4.74 Å². The van der Waals surface area contributed by atoms with E-state index in [2.05, 4.69) is 16.7 Å². The lowest BCUT2D eigenvalue weighted by atomic mass is 10.1. The van der Waals surface area contributed by atoms with Gasteiger partial charge in [-0.25, -0.2) is 9.48 Å². The molecule has 0 aliphatic rings. The average Bonchev–Trinajstić information content (AvgIpc) is 2.88. The maximum absolute atomic E-state index is 13.0. The summed E-state index contributed by atoms with van der Waals surface area (Å²) in [6.45, 7) is 0.721. The zero-order valence-electron chi connectivity index (χ0n) is 12.0. The largest absolute Gasteiger partial charge is 0.440 e. The first-order valence-corrected chi connectivity index (χ1v) is 6.58. The maximum Gasteiger partial charge on any atom is 0.405 e. The van der Waals surface area contributed by atoms with Gasteiger partial charge < -0.3 is 16.2 Å². The standard InChI is InChI=1S/C14H15F2N5O2/c1-2-3-11(23-14(18)22)10-6-8(4-5-19-10)12-9(17)7-20-21(12)13(15)16/h2,4-7,11,13H,1,3,17H2,(H2,18,22). The molecule has 0 bridgehead atoms. The van der Waals surface area contributed by atoms with Crippen LogP contribution in [0.5, 0.6) is 0 Å². The number of hydrogen-bond acceptors (Lipinski definition) is 5. The van der Waals surface area contributed by atoms with E-state index < -0.39 is 18.7 Å². The molecule has 1 amide bonds. The van der Waals surface area contributed by atoms with Crippen LogP contribution in [-0.4, -0.2) is 20.9 Å². The van der Waals surface area contributed by atoms with Gasteiger partial charge in [-0.3, -0.25) is 4.98 Å². The Morgan fingerprint density at radius 1 is 1.52 bits per heavy atom. The van der Waals surface area contributed by atoms with Crippen molar-refractivity contribution >= 4 is 11.8 Å². The fourth-order valence-corrected chi connectivity index (χ4v) is 2.11. The molecule has 0 fully saturated rings. The number of rotatable bonds is 6. The van der Waals surface area contributed by atoms with Crippen LogP contribution >= 0.6 is 0 Å². The molecule has 23 heavy (non-hydrogen) atoms. The topological polar surface area (TPSA) is 109 Å². The predicted molar refractivity (Wildman–Crippen MR) is 79.3 cm³/mol. The minimum Gasteiger partial charge on any atom is -0.440 e. The summed E-state index contributed by atoms with van der Waals surface area (Å²) in [4.78, 5) is 15.1. The minimum atomic E-state index is -2.84. The number of carbonyl (C=O) groups is 1. The highest BCUT2D eigenvalue weighted by Gasteiger charge is 2.20. The predicted octanol–water partition coefficient (Wildman–Crippen LogP) is 2.63. The Hall–Kier alpha value is -2.97. The lowest BCUT2D eigenvalue weighted by Gasteiger charge is -2.15. The molecule has 0 saturated carbocycles. The third kappa shape index (κ3) is 3.62. The Labute approximate surface area is 130 Å². The number of halogens is 2. The molecule has 1 atom stereocenters. The molecule has 2 aromatic rings. The summed E-state index contributed by atoms with van der Waals surface area (Å²) >= 11 is 0. The average molecular weight is 323 g/mol. The molecule has 0 aliphatic heterocycles. The van der Waals surface area contributed by atoms with Crippen LogP contribution in [0, 0.1) is 0 Å². The van der Waals surface area contributed by atoms with Crippen LogP contribution in [0.25, 0.3) is 11.3 Å². The second-order valence-electron chi connectivity index (χ2n) is 4.59. The first-order chi connectivity index (χ1) is 10.9. The van der Waals surface area contributed by atoms with Gasteiger partial charge in [-0.1, -0.05) is 6.08 Å². The second kappa shape index (κ2) is 6.86. The molecule has 4 N–H and O–H groups in total. The molecule has 7 nitrogen and oxygen atoms in total. The number of amides is 1. The van der Waals surface area contributed by atoms with Crippen LogP contribution in [0.3, 0.4) is 0 Å². The van der Waals surface area contributed by atoms with Gasteiger partial charge in [-0.15, -0.1) is 6.58 Å². The van der Waals surface area contributed by atoms with Gasteiger partial charge in [0.15, 0.2) is 0 Å². The Balaban J connectivity index is 2.45. The smallest absolute Gasteiger partial charge is 0.405 e. The van der Waals surface area contributed by atoms with Crippen LogP contribution < -0.4 is 11.5 Å². The van der Waals surface area contributed by atoms with E-state index in [9.17, 15) is 13.6 Å². The van der Waals surface area contributed by atoms with E-state index in [1.165, 1.54) is 24.4 Å². The first kappa shape index (κ1) is 16.4. The Morgan fingerprint density at radius 3 is 2.87 bits per heavy atom. The normalized spacial score (nSPS) is 12.1. The lowest BCUT2D eigenvalue weighted by Crippen LogP contribution is -2.18. The molecule has 0 aliphatic carbocycles. The monoisotopic (exact) mass is 323 g/mol. The van der Waals surface area contributed by atoms with Gasteiger partial charge in [0.05, 0.1) is 23.3 Å². The van der Waals surface area contributed by atoms with Gasteiger partial charge in [0.1, 0.15) is 6.10 Å². The molecule has 2 rings (SSSR count). The number of ether oxygens (including phenoxy) is 1. The molecule has 0 saturated heterocycles. The lowest BCUT2D eigenvalue weighted by molar-refractivity contribution is 0.0585. The van der Waals surface area contributed by atoms with Gasteiger partial charge in [0, 0.05) is 18.2 Å². The number of nitrogens with two attached hydrogens (primary N) is 2. The maximum atomic E-state index is 13.0. The molecule has 122 valence electrons. The van der Waals surface area contributed by atoms with Crippen molar-refractivity contribution in [3.63, 3.8) is 0 Å². The number of carbonyl (C=O) groups excluding carboxylic acids is 1. The van der Waals surface area contributed by atoms with E-state index in [4.69, 9.17) is 16.2 Å². The summed E-state index contributed by atoms with van der Waals surface area (Å²) in [6.07, 6.45) is 2.59. The van der Waals surface area contributed by atoms with Crippen molar-refractivity contribution < 1.29 is 18.3 Å². The van der Waals surface area contributed by atoms with Crippen LogP contribution in [0.1, 0.15) is 24.8 Å². The Kier molecular flexibility index (Phi) is 4.89. The summed E-state index contributed by atoms with van der Waals surface area (Å²) in [6, 6.07) is 2.99. The third-order valence-corrected chi connectivity index (χ3v) is 3.03. The van der Waals surface area contributed by atoms with Crippen molar-refractivity contribution in [2.45, 2.75) is 19.1 Å². The van der Waals surface area contributed by atoms with Crippen LogP contribution in [0.2, 0.25) is 0 Å². The highest BCUT2D eigenvalue weighted by atomic mass is 19.3. The van der Waals surface area contributed by atoms with E-state index in [-0.39, 0.29) is 17.8 Å². The molecule has 0 aromatic carbocycles. The zero-order valence-corrected chi connectivity index (χ0v) is 12.0. The fourth-order valence-electron chi connectivity index (χ4n) is 2.11. The SMILES string of the molecule is C=CCC(OC(N)=O)c1cc(-c2c(N)cnn2C(F)F)ccn1. The highest BCUT2D eigenvalue weighted by Crippen LogP contribution is 2.31. The number of alkyl halides is 2. The summed E-state index contributed by atoms with van der Waals surface area (Å²) in [5, 5.41) is 3.55. The van der Waals surface area contributed by atoms with E-state index in [1.807, 2.05) is 0 Å². The quantitative estimate of drug-likeness (QED) is 0.794. The minimum absolute atomic E-state index is 0.0556. The third-order valence-electron chi connectivity index (χ3n) is 3.03.